The van der Waals surface area contributed by atoms with Gasteiger partial charge < -0.3 is 10.6 Å². The lowest BCUT2D eigenvalue weighted by atomic mass is 10.1. The summed E-state index contributed by atoms with van der Waals surface area (Å²) in [6, 6.07) is 0. The van der Waals surface area contributed by atoms with E-state index in [1.54, 1.807) is 0 Å². The zero-order valence-electron chi connectivity index (χ0n) is 11.2. The fourth-order valence-corrected chi connectivity index (χ4v) is 1.22. The molecule has 0 aromatic heterocycles. The molecule has 0 fully saturated rings. The van der Waals surface area contributed by atoms with Crippen molar-refractivity contribution in [2.24, 2.45) is 10.9 Å². The molecule has 0 rings (SSSR count). The Morgan fingerprint density at radius 3 is 2.62 bits per heavy atom. The van der Waals surface area contributed by atoms with Gasteiger partial charge in [0.25, 0.3) is 0 Å². The third-order valence-electron chi connectivity index (χ3n) is 2.16. The summed E-state index contributed by atoms with van der Waals surface area (Å²) in [5.41, 5.74) is 0. The van der Waals surface area contributed by atoms with Gasteiger partial charge in [-0.2, -0.15) is 0 Å². The van der Waals surface area contributed by atoms with Crippen molar-refractivity contribution < 1.29 is 0 Å². The molecular formula is C13H27N3. The molecule has 0 radical (unpaired) electrons. The molecule has 0 aromatic carbocycles. The maximum atomic E-state index is 4.52. The lowest BCUT2D eigenvalue weighted by molar-refractivity contribution is 0.594. The number of nitrogens with zero attached hydrogens (tertiary/aromatic N) is 1. The van der Waals surface area contributed by atoms with Gasteiger partial charge in [0.2, 0.25) is 0 Å². The van der Waals surface area contributed by atoms with Crippen LogP contribution in [-0.2, 0) is 0 Å². The van der Waals surface area contributed by atoms with Crippen LogP contribution >= 0.6 is 0 Å². The van der Waals surface area contributed by atoms with Crippen LogP contribution < -0.4 is 10.6 Å². The fraction of sp³-hybridized carbons (Fsp3) is 0.769. The Morgan fingerprint density at radius 1 is 1.31 bits per heavy atom. The molecule has 0 atom stereocenters. The first kappa shape index (κ1) is 15.0. The smallest absolute Gasteiger partial charge is 0.191 e. The van der Waals surface area contributed by atoms with Crippen molar-refractivity contribution in [2.45, 2.75) is 40.5 Å². The number of nitrogens with one attached hydrogen (secondary N) is 2. The average molecular weight is 225 g/mol. The minimum atomic E-state index is 0.717. The standard InChI is InChI=1S/C13H27N3/c1-5-7-8-10-15-13(14-6-2)16-11-9-12(3)4/h5,7,12H,6,8-11H2,1-4H3,(H2,14,15,16)/b7-5+. The molecule has 94 valence electrons. The van der Waals surface area contributed by atoms with Crippen molar-refractivity contribution in [3.8, 4) is 0 Å². The number of hydrogen-bond donors (Lipinski definition) is 2. The summed E-state index contributed by atoms with van der Waals surface area (Å²) < 4.78 is 0. The van der Waals surface area contributed by atoms with E-state index in [0.717, 1.165) is 44.4 Å². The van der Waals surface area contributed by atoms with Crippen LogP contribution in [0.5, 0.6) is 0 Å². The second kappa shape index (κ2) is 10.5. The van der Waals surface area contributed by atoms with Gasteiger partial charge in [-0.05, 0) is 32.6 Å². The second-order valence-corrected chi connectivity index (χ2v) is 4.23. The summed E-state index contributed by atoms with van der Waals surface area (Å²) in [6.07, 6.45) is 6.42. The van der Waals surface area contributed by atoms with Crippen molar-refractivity contribution >= 4 is 5.96 Å². The first-order valence-electron chi connectivity index (χ1n) is 6.34. The average Bonchev–Trinajstić information content (AvgIpc) is 2.23. The van der Waals surface area contributed by atoms with Gasteiger partial charge in [0, 0.05) is 19.6 Å². The summed E-state index contributed by atoms with van der Waals surface area (Å²) in [6.45, 7) is 11.3. The molecule has 0 aliphatic rings. The minimum absolute atomic E-state index is 0.717. The van der Waals surface area contributed by atoms with Crippen LogP contribution in [0, 0.1) is 5.92 Å². The first-order chi connectivity index (χ1) is 7.70. The zero-order valence-corrected chi connectivity index (χ0v) is 11.2. The lowest BCUT2D eigenvalue weighted by Gasteiger charge is -2.10. The third kappa shape index (κ3) is 9.56. The second-order valence-electron chi connectivity index (χ2n) is 4.23. The SMILES string of the molecule is C/C=C/CCNC(=NCCC(C)C)NCC. The van der Waals surface area contributed by atoms with E-state index in [0.29, 0.717) is 0 Å². The van der Waals surface area contributed by atoms with E-state index < -0.39 is 0 Å². The van der Waals surface area contributed by atoms with Crippen LogP contribution in [0.2, 0.25) is 0 Å². The molecule has 0 aliphatic heterocycles. The van der Waals surface area contributed by atoms with Gasteiger partial charge in [-0.3, -0.25) is 4.99 Å². The molecule has 0 unspecified atom stereocenters. The predicted molar refractivity (Wildman–Crippen MR) is 72.9 cm³/mol. The minimum Gasteiger partial charge on any atom is -0.357 e. The van der Waals surface area contributed by atoms with E-state index in [1.807, 2.05) is 6.92 Å². The van der Waals surface area contributed by atoms with Gasteiger partial charge in [0.05, 0.1) is 0 Å². The Morgan fingerprint density at radius 2 is 2.06 bits per heavy atom. The third-order valence-corrected chi connectivity index (χ3v) is 2.16. The Balaban J connectivity index is 3.85. The van der Waals surface area contributed by atoms with E-state index in [4.69, 9.17) is 0 Å². The van der Waals surface area contributed by atoms with Crippen LogP contribution in [0.1, 0.15) is 40.5 Å². The maximum absolute atomic E-state index is 4.52. The molecule has 0 aromatic rings. The Labute approximate surface area is 100 Å². The Bertz CT molecular complexity index is 207. The molecule has 0 amide bonds. The molecule has 0 bridgehead atoms. The summed E-state index contributed by atoms with van der Waals surface area (Å²) in [7, 11) is 0. The van der Waals surface area contributed by atoms with Gasteiger partial charge in [0.15, 0.2) is 5.96 Å². The monoisotopic (exact) mass is 225 g/mol. The molecule has 0 heterocycles. The van der Waals surface area contributed by atoms with Crippen LogP contribution in [0.4, 0.5) is 0 Å². The molecule has 0 spiro atoms. The topological polar surface area (TPSA) is 36.4 Å². The van der Waals surface area contributed by atoms with E-state index in [-0.39, 0.29) is 0 Å². The Kier molecular flexibility index (Phi) is 9.87. The maximum Gasteiger partial charge on any atom is 0.191 e. The highest BCUT2D eigenvalue weighted by molar-refractivity contribution is 5.79. The fourth-order valence-electron chi connectivity index (χ4n) is 1.22. The van der Waals surface area contributed by atoms with Crippen molar-refractivity contribution in [3.05, 3.63) is 12.2 Å². The normalized spacial score (nSPS) is 12.4. The van der Waals surface area contributed by atoms with Gasteiger partial charge in [0.1, 0.15) is 0 Å². The predicted octanol–water partition coefficient (Wildman–Crippen LogP) is 2.55. The molecule has 16 heavy (non-hydrogen) atoms. The molecule has 2 N–H and O–H groups in total. The summed E-state index contributed by atoms with van der Waals surface area (Å²) in [5.74, 6) is 1.65. The van der Waals surface area contributed by atoms with Crippen LogP contribution in [-0.4, -0.2) is 25.6 Å². The van der Waals surface area contributed by atoms with Crippen molar-refractivity contribution in [1.82, 2.24) is 10.6 Å². The van der Waals surface area contributed by atoms with E-state index in [9.17, 15) is 0 Å². The molecule has 3 heteroatoms. The van der Waals surface area contributed by atoms with Crippen LogP contribution in [0.15, 0.2) is 17.1 Å². The largest absolute Gasteiger partial charge is 0.357 e. The van der Waals surface area contributed by atoms with Crippen molar-refractivity contribution in [1.29, 1.82) is 0 Å². The molecule has 0 aliphatic carbocycles. The van der Waals surface area contributed by atoms with Gasteiger partial charge in [-0.1, -0.05) is 26.0 Å². The summed E-state index contributed by atoms with van der Waals surface area (Å²) in [4.78, 5) is 4.52. The number of rotatable bonds is 7. The van der Waals surface area contributed by atoms with Crippen molar-refractivity contribution in [3.63, 3.8) is 0 Å². The highest BCUT2D eigenvalue weighted by Crippen LogP contribution is 1.98. The van der Waals surface area contributed by atoms with Crippen molar-refractivity contribution in [2.75, 3.05) is 19.6 Å². The highest BCUT2D eigenvalue weighted by atomic mass is 15.2. The summed E-state index contributed by atoms with van der Waals surface area (Å²) in [5, 5.41) is 6.56. The van der Waals surface area contributed by atoms with Crippen LogP contribution in [0.3, 0.4) is 0 Å². The zero-order chi connectivity index (χ0) is 12.2. The summed E-state index contributed by atoms with van der Waals surface area (Å²) >= 11 is 0. The number of allylic oxidation sites excluding steroid dienone is 1. The van der Waals surface area contributed by atoms with Gasteiger partial charge in [-0.15, -0.1) is 0 Å². The van der Waals surface area contributed by atoms with Gasteiger partial charge >= 0.3 is 0 Å². The van der Waals surface area contributed by atoms with E-state index in [1.165, 1.54) is 0 Å². The molecule has 0 saturated heterocycles. The van der Waals surface area contributed by atoms with E-state index >= 15 is 0 Å². The van der Waals surface area contributed by atoms with Gasteiger partial charge in [-0.25, -0.2) is 0 Å². The Hall–Kier alpha value is -0.990. The highest BCUT2D eigenvalue weighted by Gasteiger charge is 1.96. The first-order valence-corrected chi connectivity index (χ1v) is 6.34. The number of hydrogen-bond acceptors (Lipinski definition) is 1. The number of guanidine groups is 1. The van der Waals surface area contributed by atoms with Crippen LogP contribution in [0.25, 0.3) is 0 Å². The quantitative estimate of drug-likeness (QED) is 0.302. The molecule has 3 nitrogen and oxygen atoms in total. The molecular weight excluding hydrogens is 198 g/mol. The lowest BCUT2D eigenvalue weighted by Crippen LogP contribution is -2.37. The number of aliphatic imine (C=N–C) groups is 1. The van der Waals surface area contributed by atoms with E-state index in [2.05, 4.69) is 48.5 Å². The molecule has 0 saturated carbocycles.